The Balaban J connectivity index is 0.000000240. The van der Waals surface area contributed by atoms with Gasteiger partial charge in [-0.1, -0.05) is 60.6 Å². The van der Waals surface area contributed by atoms with Gasteiger partial charge in [0.25, 0.3) is 0 Å². The molecular formula is C26H44N8OS. The molecule has 4 heterocycles. The molecule has 0 saturated heterocycles. The summed E-state index contributed by atoms with van der Waals surface area (Å²) >= 11 is 1.67. The van der Waals surface area contributed by atoms with Crippen LogP contribution in [0, 0.1) is 13.8 Å². The van der Waals surface area contributed by atoms with Crippen LogP contribution in [0.4, 0.5) is 0 Å². The zero-order valence-corrected chi connectivity index (χ0v) is 24.8. The average Bonchev–Trinajstić information content (AvgIpc) is 3.58. The third-order valence-electron chi connectivity index (χ3n) is 4.98. The van der Waals surface area contributed by atoms with Gasteiger partial charge in [0.05, 0.1) is 24.3 Å². The fourth-order valence-electron chi connectivity index (χ4n) is 2.75. The van der Waals surface area contributed by atoms with Crippen molar-refractivity contribution < 1.29 is 4.42 Å². The molecule has 0 fully saturated rings. The van der Waals surface area contributed by atoms with E-state index in [-0.39, 0.29) is 0 Å². The number of aryl methyl sites for hydroxylation is 4. The van der Waals surface area contributed by atoms with E-state index in [2.05, 4.69) is 86.0 Å². The van der Waals surface area contributed by atoms with Gasteiger partial charge in [-0.2, -0.15) is 5.10 Å². The molecule has 0 radical (unpaired) electrons. The van der Waals surface area contributed by atoms with Crippen LogP contribution in [0.1, 0.15) is 112 Å². The number of nitrogens with zero attached hydrogens (tertiary/aromatic N) is 8. The first kappa shape index (κ1) is 31.2. The highest BCUT2D eigenvalue weighted by Gasteiger charge is 2.04. The van der Waals surface area contributed by atoms with Crippen molar-refractivity contribution in [1.82, 2.24) is 40.0 Å². The molecule has 36 heavy (non-hydrogen) atoms. The minimum absolute atomic E-state index is 0.450. The lowest BCUT2D eigenvalue weighted by molar-refractivity contribution is 0.456. The minimum atomic E-state index is 0.450. The van der Waals surface area contributed by atoms with Crippen LogP contribution in [0.5, 0.6) is 0 Å². The van der Waals surface area contributed by atoms with E-state index in [1.807, 2.05) is 45.0 Å². The van der Waals surface area contributed by atoms with Crippen LogP contribution in [0.2, 0.25) is 0 Å². The number of hydrogen-bond donors (Lipinski definition) is 0. The molecule has 0 aromatic carbocycles. The molecule has 10 heteroatoms. The number of aromatic nitrogens is 8. The van der Waals surface area contributed by atoms with Crippen LogP contribution >= 0.6 is 11.3 Å². The fourth-order valence-corrected chi connectivity index (χ4v) is 3.45. The number of oxazole rings is 1. The second kappa shape index (κ2) is 15.3. The Morgan fingerprint density at radius 2 is 1.47 bits per heavy atom. The van der Waals surface area contributed by atoms with E-state index in [0.717, 1.165) is 21.7 Å². The summed E-state index contributed by atoms with van der Waals surface area (Å²) in [4.78, 5) is 3.97. The highest BCUT2D eigenvalue weighted by Crippen LogP contribution is 2.17. The molecule has 200 valence electrons. The molecule has 0 spiro atoms. The van der Waals surface area contributed by atoms with Crippen LogP contribution in [0.15, 0.2) is 29.2 Å². The van der Waals surface area contributed by atoms with Crippen LogP contribution in [-0.4, -0.2) is 40.0 Å². The summed E-state index contributed by atoms with van der Waals surface area (Å²) in [6.45, 7) is 20.8. The van der Waals surface area contributed by atoms with Crippen LogP contribution in [0.25, 0.3) is 0 Å². The second-order valence-electron chi connectivity index (χ2n) is 9.79. The molecule has 0 aliphatic rings. The SMILES string of the molecule is CC(C)c1cnn(C)c1.CC(C)c1cnnn1C.Cc1ncc(C(C)C)o1.Cc1nnc(C(C)C)s1. The normalized spacial score (nSPS) is 10.7. The number of hydrogen-bond acceptors (Lipinski definition) is 8. The molecular weight excluding hydrogens is 472 g/mol. The molecule has 0 saturated carbocycles. The van der Waals surface area contributed by atoms with E-state index in [0.29, 0.717) is 23.7 Å². The first-order valence-corrected chi connectivity index (χ1v) is 13.2. The maximum absolute atomic E-state index is 5.23. The van der Waals surface area contributed by atoms with Crippen LogP contribution in [0.3, 0.4) is 0 Å². The second-order valence-corrected chi connectivity index (χ2v) is 11.0. The Hall–Kier alpha value is -2.88. The quantitative estimate of drug-likeness (QED) is 0.303. The van der Waals surface area contributed by atoms with Crippen molar-refractivity contribution >= 4 is 11.3 Å². The van der Waals surface area contributed by atoms with Crippen LogP contribution < -0.4 is 0 Å². The molecule has 4 rings (SSSR count). The predicted octanol–water partition coefficient (Wildman–Crippen LogP) is 6.56. The third-order valence-corrected chi connectivity index (χ3v) is 6.12. The Labute approximate surface area is 220 Å². The van der Waals surface area contributed by atoms with E-state index in [1.165, 1.54) is 11.3 Å². The molecule has 0 unspecified atom stereocenters. The Morgan fingerprint density at radius 3 is 1.69 bits per heavy atom. The summed E-state index contributed by atoms with van der Waals surface area (Å²) in [5.41, 5.74) is 2.48. The highest BCUT2D eigenvalue weighted by atomic mass is 32.1. The largest absolute Gasteiger partial charge is 0.446 e. The van der Waals surface area contributed by atoms with E-state index in [9.17, 15) is 0 Å². The van der Waals surface area contributed by atoms with Crippen molar-refractivity contribution in [2.24, 2.45) is 14.1 Å². The fraction of sp³-hybridized carbons (Fsp3) is 0.615. The van der Waals surface area contributed by atoms with Crippen molar-refractivity contribution in [3.8, 4) is 0 Å². The first-order chi connectivity index (χ1) is 16.8. The molecule has 0 aliphatic carbocycles. The first-order valence-electron chi connectivity index (χ1n) is 12.4. The zero-order chi connectivity index (χ0) is 27.4. The summed E-state index contributed by atoms with van der Waals surface area (Å²) < 4.78 is 8.86. The van der Waals surface area contributed by atoms with E-state index >= 15 is 0 Å². The van der Waals surface area contributed by atoms with Gasteiger partial charge in [-0.15, -0.1) is 26.6 Å². The molecule has 0 bridgehead atoms. The molecule has 0 atom stereocenters. The van der Waals surface area contributed by atoms with E-state index in [4.69, 9.17) is 4.42 Å². The number of rotatable bonds is 4. The van der Waals surface area contributed by atoms with Crippen molar-refractivity contribution in [1.29, 1.82) is 0 Å². The summed E-state index contributed by atoms with van der Waals surface area (Å²) in [6, 6.07) is 0. The van der Waals surface area contributed by atoms with E-state index in [1.54, 1.807) is 28.4 Å². The molecule has 0 aliphatic heterocycles. The van der Waals surface area contributed by atoms with Gasteiger partial charge in [0, 0.05) is 39.1 Å². The standard InChI is InChI=1S/C7H12N2.C7H11NO.C6H11N3.C6H10N2S/c1-6(2)7-4-8-9(3)5-7;1-5(2)7-4-8-6(3)9-7;1-5(2)6-4-7-8-9(6)3;1-4(2)6-8-7-5(3)9-6/h4-6H,1-3H3;2*4-5H,1-3H3;4H,1-3H3. The average molecular weight is 517 g/mol. The van der Waals surface area contributed by atoms with Gasteiger partial charge < -0.3 is 4.42 Å². The van der Waals surface area contributed by atoms with Crippen molar-refractivity contribution in [2.45, 2.75) is 92.9 Å². The summed E-state index contributed by atoms with van der Waals surface area (Å²) in [7, 11) is 3.84. The van der Waals surface area contributed by atoms with E-state index < -0.39 is 0 Å². The van der Waals surface area contributed by atoms with Gasteiger partial charge in [-0.05, 0) is 24.3 Å². The molecule has 9 nitrogen and oxygen atoms in total. The highest BCUT2D eigenvalue weighted by molar-refractivity contribution is 7.11. The maximum atomic E-state index is 5.23. The summed E-state index contributed by atoms with van der Waals surface area (Å²) in [6.07, 6.45) is 7.53. The van der Waals surface area contributed by atoms with Crippen molar-refractivity contribution in [2.75, 3.05) is 0 Å². The monoisotopic (exact) mass is 516 g/mol. The molecule has 0 N–H and O–H groups in total. The molecule has 4 aromatic heterocycles. The van der Waals surface area contributed by atoms with Gasteiger partial charge in [-0.3, -0.25) is 9.36 Å². The summed E-state index contributed by atoms with van der Waals surface area (Å²) in [5.74, 6) is 3.80. The van der Waals surface area contributed by atoms with Crippen LogP contribution in [-0.2, 0) is 14.1 Å². The minimum Gasteiger partial charge on any atom is -0.446 e. The molecule has 0 amide bonds. The van der Waals surface area contributed by atoms with Gasteiger partial charge in [0.15, 0.2) is 5.89 Å². The van der Waals surface area contributed by atoms with Crippen molar-refractivity contribution in [3.05, 3.63) is 57.7 Å². The summed E-state index contributed by atoms with van der Waals surface area (Å²) in [5, 5.41) is 21.7. The predicted molar refractivity (Wildman–Crippen MR) is 146 cm³/mol. The lowest BCUT2D eigenvalue weighted by atomic mass is 10.1. The lowest BCUT2D eigenvalue weighted by Gasteiger charge is -2.01. The van der Waals surface area contributed by atoms with Gasteiger partial charge in [-0.25, -0.2) is 4.98 Å². The van der Waals surface area contributed by atoms with Gasteiger partial charge in [0.1, 0.15) is 15.8 Å². The van der Waals surface area contributed by atoms with Crippen molar-refractivity contribution in [3.63, 3.8) is 0 Å². The smallest absolute Gasteiger partial charge is 0.191 e. The van der Waals surface area contributed by atoms with Gasteiger partial charge >= 0.3 is 0 Å². The topological polar surface area (TPSA) is 100 Å². The molecule has 4 aromatic rings. The lowest BCUT2D eigenvalue weighted by Crippen LogP contribution is -1.99. The Kier molecular flexibility index (Phi) is 13.2. The van der Waals surface area contributed by atoms with Gasteiger partial charge in [0.2, 0.25) is 0 Å². The Morgan fingerprint density at radius 1 is 0.806 bits per heavy atom. The maximum Gasteiger partial charge on any atom is 0.191 e. The third kappa shape index (κ3) is 11.2. The Bertz CT molecular complexity index is 1020. The zero-order valence-electron chi connectivity index (χ0n) is 24.0.